The van der Waals surface area contributed by atoms with Crippen molar-refractivity contribution in [1.82, 2.24) is 0 Å². The lowest BCUT2D eigenvalue weighted by Gasteiger charge is -2.13. The van der Waals surface area contributed by atoms with Crippen LogP contribution in [-0.2, 0) is 4.79 Å². The third kappa shape index (κ3) is 4.11. The van der Waals surface area contributed by atoms with E-state index in [1.165, 1.54) is 11.1 Å². The molecule has 0 unspecified atom stereocenters. The number of para-hydroxylation sites is 1. The van der Waals surface area contributed by atoms with Crippen molar-refractivity contribution >= 4 is 29.1 Å². The normalized spacial score (nSPS) is 14.9. The molecule has 0 bridgehead atoms. The fourth-order valence-corrected chi connectivity index (χ4v) is 2.97. The van der Waals surface area contributed by atoms with Gasteiger partial charge in [0.15, 0.2) is 5.75 Å². The van der Waals surface area contributed by atoms with E-state index in [0.29, 0.717) is 29.1 Å². The van der Waals surface area contributed by atoms with Crippen LogP contribution in [0.1, 0.15) is 26.3 Å². The van der Waals surface area contributed by atoms with Crippen molar-refractivity contribution < 1.29 is 19.2 Å². The smallest absolute Gasteiger partial charge is 0.315 e. The lowest BCUT2D eigenvalue weighted by atomic mass is 10.1. The van der Waals surface area contributed by atoms with Gasteiger partial charge in [0.25, 0.3) is 5.91 Å². The van der Waals surface area contributed by atoms with Crippen LogP contribution < -0.4 is 14.5 Å². The van der Waals surface area contributed by atoms with Gasteiger partial charge in [-0.05, 0) is 50.6 Å². The van der Waals surface area contributed by atoms with Crippen molar-refractivity contribution in [1.29, 1.82) is 0 Å². The lowest BCUT2D eigenvalue weighted by Crippen LogP contribution is -2.21. The average Bonchev–Trinajstić information content (AvgIpc) is 2.98. The number of benzene rings is 2. The molecule has 3 rings (SSSR count). The third-order valence-corrected chi connectivity index (χ3v) is 4.22. The molecule has 0 radical (unpaired) electrons. The first-order chi connectivity index (χ1) is 14.0. The summed E-state index contributed by atoms with van der Waals surface area (Å²) in [6.45, 7) is 5.82. The van der Waals surface area contributed by atoms with Gasteiger partial charge in [-0.2, -0.15) is 10.1 Å². The second-order valence-corrected chi connectivity index (χ2v) is 6.19. The van der Waals surface area contributed by atoms with E-state index in [2.05, 4.69) is 5.10 Å². The summed E-state index contributed by atoms with van der Waals surface area (Å²) in [6, 6.07) is 12.1. The number of hydrogen-bond donors (Lipinski definition) is 0. The van der Waals surface area contributed by atoms with Crippen LogP contribution >= 0.6 is 0 Å². The highest BCUT2D eigenvalue weighted by Gasteiger charge is 2.29. The molecule has 0 aliphatic carbocycles. The monoisotopic (exact) mass is 395 g/mol. The zero-order valence-electron chi connectivity index (χ0n) is 16.4. The molecule has 8 heteroatoms. The minimum Gasteiger partial charge on any atom is -0.490 e. The number of rotatable bonds is 7. The molecule has 0 saturated carbocycles. The Hall–Kier alpha value is -3.68. The zero-order chi connectivity index (χ0) is 21.0. The summed E-state index contributed by atoms with van der Waals surface area (Å²) in [5.74, 6) is 0.0362. The van der Waals surface area contributed by atoms with E-state index in [1.54, 1.807) is 45.0 Å². The number of carbonyl (C=O) groups excluding carboxylic acids is 1. The third-order valence-electron chi connectivity index (χ3n) is 4.22. The summed E-state index contributed by atoms with van der Waals surface area (Å²) in [5, 5.41) is 17.2. The molecule has 29 heavy (non-hydrogen) atoms. The molecule has 0 N–H and O–H groups in total. The van der Waals surface area contributed by atoms with Gasteiger partial charge in [-0.15, -0.1) is 0 Å². The number of hydrazone groups is 1. The summed E-state index contributed by atoms with van der Waals surface area (Å²) >= 11 is 0. The zero-order valence-corrected chi connectivity index (χ0v) is 16.4. The second-order valence-electron chi connectivity index (χ2n) is 6.19. The summed E-state index contributed by atoms with van der Waals surface area (Å²) in [7, 11) is 0. The van der Waals surface area contributed by atoms with Gasteiger partial charge in [-0.3, -0.25) is 14.9 Å². The number of carbonyl (C=O) groups is 1. The molecule has 0 atom stereocenters. The fraction of sp³-hybridized carbons (Fsp3) is 0.238. The van der Waals surface area contributed by atoms with Crippen LogP contribution in [0.5, 0.6) is 11.5 Å². The molecular formula is C21H21N3O5. The van der Waals surface area contributed by atoms with Gasteiger partial charge in [-0.1, -0.05) is 18.2 Å². The van der Waals surface area contributed by atoms with E-state index in [0.717, 1.165) is 0 Å². The van der Waals surface area contributed by atoms with Gasteiger partial charge in [0.2, 0.25) is 5.75 Å². The Morgan fingerprint density at radius 3 is 2.45 bits per heavy atom. The molecule has 0 aromatic heterocycles. The Labute approximate surface area is 168 Å². The predicted molar refractivity (Wildman–Crippen MR) is 110 cm³/mol. The Balaban J connectivity index is 2.04. The maximum absolute atomic E-state index is 12.9. The fourth-order valence-electron chi connectivity index (χ4n) is 2.97. The summed E-state index contributed by atoms with van der Waals surface area (Å²) in [4.78, 5) is 23.9. The number of nitro benzene ring substituents is 1. The van der Waals surface area contributed by atoms with Crippen molar-refractivity contribution in [2.45, 2.75) is 20.8 Å². The van der Waals surface area contributed by atoms with E-state index in [4.69, 9.17) is 9.47 Å². The minimum absolute atomic E-state index is 0.0792. The van der Waals surface area contributed by atoms with Gasteiger partial charge in [0.1, 0.15) is 0 Å². The number of nitro groups is 1. The molecule has 0 spiro atoms. The highest BCUT2D eigenvalue weighted by atomic mass is 16.6. The van der Waals surface area contributed by atoms with Gasteiger partial charge in [0, 0.05) is 6.07 Å². The van der Waals surface area contributed by atoms with Crippen LogP contribution in [0.3, 0.4) is 0 Å². The maximum Gasteiger partial charge on any atom is 0.315 e. The number of hydrogen-bond acceptors (Lipinski definition) is 6. The predicted octanol–water partition coefficient (Wildman–Crippen LogP) is 4.20. The van der Waals surface area contributed by atoms with Crippen molar-refractivity contribution in [3.05, 3.63) is 63.7 Å². The first-order valence-electron chi connectivity index (χ1n) is 9.21. The number of anilines is 1. The topological polar surface area (TPSA) is 94.3 Å². The first-order valence-corrected chi connectivity index (χ1v) is 9.21. The second kappa shape index (κ2) is 8.55. The molecule has 0 saturated heterocycles. The summed E-state index contributed by atoms with van der Waals surface area (Å²) < 4.78 is 11.0. The van der Waals surface area contributed by atoms with Crippen LogP contribution in [0.2, 0.25) is 0 Å². The Morgan fingerprint density at radius 1 is 1.14 bits per heavy atom. The Morgan fingerprint density at radius 2 is 1.83 bits per heavy atom. The molecule has 150 valence electrons. The van der Waals surface area contributed by atoms with E-state index >= 15 is 0 Å². The molecular weight excluding hydrogens is 374 g/mol. The minimum atomic E-state index is -0.525. The van der Waals surface area contributed by atoms with Crippen LogP contribution in [0.25, 0.3) is 6.08 Å². The molecule has 1 aliphatic rings. The van der Waals surface area contributed by atoms with Crippen molar-refractivity contribution in [2.75, 3.05) is 18.2 Å². The highest BCUT2D eigenvalue weighted by molar-refractivity contribution is 6.32. The molecule has 2 aromatic carbocycles. The van der Waals surface area contributed by atoms with Gasteiger partial charge < -0.3 is 9.47 Å². The molecule has 1 aliphatic heterocycles. The van der Waals surface area contributed by atoms with Crippen LogP contribution in [-0.4, -0.2) is 29.8 Å². The lowest BCUT2D eigenvalue weighted by molar-refractivity contribution is -0.386. The number of amides is 1. The van der Waals surface area contributed by atoms with E-state index in [-0.39, 0.29) is 29.7 Å². The van der Waals surface area contributed by atoms with Crippen LogP contribution in [0, 0.1) is 10.1 Å². The summed E-state index contributed by atoms with van der Waals surface area (Å²) in [6.07, 6.45) is 1.58. The molecule has 8 nitrogen and oxygen atoms in total. The van der Waals surface area contributed by atoms with Gasteiger partial charge in [-0.25, -0.2) is 0 Å². The van der Waals surface area contributed by atoms with E-state index in [1.807, 2.05) is 18.2 Å². The molecule has 2 aromatic rings. The highest BCUT2D eigenvalue weighted by Crippen LogP contribution is 2.39. The molecule has 1 heterocycles. The van der Waals surface area contributed by atoms with Crippen molar-refractivity contribution in [2.24, 2.45) is 5.10 Å². The standard InChI is InChI=1S/C21H21N3O5/c1-4-28-19-13-15(12-18(24(26)27)20(19)29-5-2)11-17-14(3)22-23(21(17)25)16-9-7-6-8-10-16/h6-13H,4-5H2,1-3H3/b17-11+. The number of ether oxygens (including phenoxy) is 2. The Kier molecular flexibility index (Phi) is 5.92. The van der Waals surface area contributed by atoms with Crippen molar-refractivity contribution in [3.8, 4) is 11.5 Å². The first kappa shape index (κ1) is 20.1. The van der Waals surface area contributed by atoms with Gasteiger partial charge >= 0.3 is 5.69 Å². The molecule has 1 amide bonds. The van der Waals surface area contributed by atoms with E-state index in [9.17, 15) is 14.9 Å². The Bertz CT molecular complexity index is 999. The largest absolute Gasteiger partial charge is 0.490 e. The van der Waals surface area contributed by atoms with Gasteiger partial charge in [0.05, 0.1) is 35.1 Å². The maximum atomic E-state index is 12.9. The van der Waals surface area contributed by atoms with E-state index < -0.39 is 4.92 Å². The number of nitrogens with zero attached hydrogens (tertiary/aromatic N) is 3. The summed E-state index contributed by atoms with van der Waals surface area (Å²) in [5.41, 5.74) is 1.76. The molecule has 0 fully saturated rings. The van der Waals surface area contributed by atoms with Crippen LogP contribution in [0.4, 0.5) is 11.4 Å². The van der Waals surface area contributed by atoms with Crippen molar-refractivity contribution in [3.63, 3.8) is 0 Å². The SMILES string of the molecule is CCOc1cc(/C=C2/C(=O)N(c3ccccc3)N=C2C)cc([N+](=O)[O-])c1OCC. The average molecular weight is 395 g/mol. The quantitative estimate of drug-likeness (QED) is 0.398. The van der Waals surface area contributed by atoms with Crippen LogP contribution in [0.15, 0.2) is 53.1 Å².